The molecule has 0 spiro atoms. The van der Waals surface area contributed by atoms with E-state index in [9.17, 15) is 9.59 Å². The van der Waals surface area contributed by atoms with Crippen LogP contribution >= 0.6 is 0 Å². The molecule has 3 atom stereocenters. The number of carboxylic acids is 1. The SMILES string of the molecule is CCCC(CCN)CCC(=O)N1CCC(C(=O)O)C1C. The van der Waals surface area contributed by atoms with Gasteiger partial charge in [-0.1, -0.05) is 19.8 Å². The zero-order valence-corrected chi connectivity index (χ0v) is 12.7. The van der Waals surface area contributed by atoms with Gasteiger partial charge in [0.2, 0.25) is 5.91 Å². The average Bonchev–Trinajstić information content (AvgIpc) is 2.78. The van der Waals surface area contributed by atoms with Crippen molar-refractivity contribution in [2.24, 2.45) is 17.6 Å². The van der Waals surface area contributed by atoms with E-state index in [0.29, 0.717) is 31.8 Å². The number of amides is 1. The molecule has 0 bridgehead atoms. The third-order valence-corrected chi connectivity index (χ3v) is 4.43. The van der Waals surface area contributed by atoms with Crippen molar-refractivity contribution in [1.29, 1.82) is 0 Å². The molecule has 1 heterocycles. The predicted octanol–water partition coefficient (Wildman–Crippen LogP) is 1.85. The molecule has 0 radical (unpaired) electrons. The maximum absolute atomic E-state index is 12.2. The van der Waals surface area contributed by atoms with Gasteiger partial charge in [0, 0.05) is 19.0 Å². The molecule has 5 heteroatoms. The number of likely N-dealkylation sites (tertiary alicyclic amines) is 1. The minimum Gasteiger partial charge on any atom is -0.481 e. The number of carboxylic acid groups (broad SMARTS) is 1. The second-order valence-corrected chi connectivity index (χ2v) is 5.83. The van der Waals surface area contributed by atoms with Crippen molar-refractivity contribution in [3.05, 3.63) is 0 Å². The van der Waals surface area contributed by atoms with E-state index in [2.05, 4.69) is 6.92 Å². The Morgan fingerprint density at radius 2 is 2.05 bits per heavy atom. The van der Waals surface area contributed by atoms with Crippen molar-refractivity contribution in [2.45, 2.75) is 58.4 Å². The van der Waals surface area contributed by atoms with Crippen molar-refractivity contribution in [1.82, 2.24) is 4.90 Å². The highest BCUT2D eigenvalue weighted by atomic mass is 16.4. The Hall–Kier alpha value is -1.10. The fraction of sp³-hybridized carbons (Fsp3) is 0.867. The molecule has 5 nitrogen and oxygen atoms in total. The lowest BCUT2D eigenvalue weighted by molar-refractivity contribution is -0.143. The van der Waals surface area contributed by atoms with Crippen molar-refractivity contribution >= 4 is 11.9 Å². The summed E-state index contributed by atoms with van der Waals surface area (Å²) < 4.78 is 0. The molecule has 116 valence electrons. The monoisotopic (exact) mass is 284 g/mol. The second kappa shape index (κ2) is 8.25. The summed E-state index contributed by atoms with van der Waals surface area (Å²) in [5.41, 5.74) is 5.60. The first kappa shape index (κ1) is 17.0. The second-order valence-electron chi connectivity index (χ2n) is 5.83. The summed E-state index contributed by atoms with van der Waals surface area (Å²) in [6.07, 6.45) is 5.14. The van der Waals surface area contributed by atoms with Gasteiger partial charge in [0.05, 0.1) is 5.92 Å². The van der Waals surface area contributed by atoms with Crippen LogP contribution in [-0.4, -0.2) is 41.0 Å². The van der Waals surface area contributed by atoms with E-state index in [1.807, 2.05) is 6.92 Å². The molecule has 1 fully saturated rings. The highest BCUT2D eigenvalue weighted by molar-refractivity contribution is 5.79. The average molecular weight is 284 g/mol. The number of aliphatic carboxylic acids is 1. The van der Waals surface area contributed by atoms with Crippen LogP contribution in [0.15, 0.2) is 0 Å². The number of carbonyl (C=O) groups is 2. The van der Waals surface area contributed by atoms with Crippen LogP contribution in [0.1, 0.15) is 52.4 Å². The van der Waals surface area contributed by atoms with Crippen molar-refractivity contribution in [3.63, 3.8) is 0 Å². The number of rotatable bonds is 8. The zero-order valence-electron chi connectivity index (χ0n) is 12.7. The molecule has 0 aliphatic carbocycles. The molecule has 0 aromatic heterocycles. The van der Waals surface area contributed by atoms with Crippen LogP contribution in [0.4, 0.5) is 0 Å². The van der Waals surface area contributed by atoms with E-state index >= 15 is 0 Å². The molecule has 1 aliphatic rings. The van der Waals surface area contributed by atoms with Crippen LogP contribution in [0.5, 0.6) is 0 Å². The first-order valence-electron chi connectivity index (χ1n) is 7.73. The summed E-state index contributed by atoms with van der Waals surface area (Å²) in [7, 11) is 0. The van der Waals surface area contributed by atoms with Gasteiger partial charge in [-0.15, -0.1) is 0 Å². The quantitative estimate of drug-likeness (QED) is 0.712. The fourth-order valence-corrected chi connectivity index (χ4v) is 3.17. The Morgan fingerprint density at radius 3 is 2.55 bits per heavy atom. The number of carbonyl (C=O) groups excluding carboxylic acids is 1. The molecule has 3 N–H and O–H groups in total. The zero-order chi connectivity index (χ0) is 15.1. The molecule has 1 amide bonds. The van der Waals surface area contributed by atoms with E-state index in [4.69, 9.17) is 10.8 Å². The van der Waals surface area contributed by atoms with Crippen LogP contribution in [0.2, 0.25) is 0 Å². The van der Waals surface area contributed by atoms with Crippen LogP contribution < -0.4 is 5.73 Å². The Labute approximate surface area is 121 Å². The number of nitrogens with two attached hydrogens (primary N) is 1. The summed E-state index contributed by atoms with van der Waals surface area (Å²) >= 11 is 0. The highest BCUT2D eigenvalue weighted by Gasteiger charge is 2.37. The molecule has 1 rings (SSSR count). The summed E-state index contributed by atoms with van der Waals surface area (Å²) in [4.78, 5) is 25.0. The van der Waals surface area contributed by atoms with Crippen molar-refractivity contribution in [3.8, 4) is 0 Å². The van der Waals surface area contributed by atoms with Gasteiger partial charge in [-0.05, 0) is 38.6 Å². The highest BCUT2D eigenvalue weighted by Crippen LogP contribution is 2.26. The number of hydrogen-bond donors (Lipinski definition) is 2. The molecule has 0 aromatic carbocycles. The lowest BCUT2D eigenvalue weighted by Crippen LogP contribution is -2.37. The van der Waals surface area contributed by atoms with Gasteiger partial charge in [0.1, 0.15) is 0 Å². The fourth-order valence-electron chi connectivity index (χ4n) is 3.17. The number of nitrogens with zero attached hydrogens (tertiary/aromatic N) is 1. The van der Waals surface area contributed by atoms with E-state index in [-0.39, 0.29) is 11.9 Å². The molecule has 0 aromatic rings. The normalized spacial score (nSPS) is 23.9. The van der Waals surface area contributed by atoms with E-state index < -0.39 is 11.9 Å². The topological polar surface area (TPSA) is 83.6 Å². The Balaban J connectivity index is 2.44. The summed E-state index contributed by atoms with van der Waals surface area (Å²) in [5, 5.41) is 9.09. The number of hydrogen-bond acceptors (Lipinski definition) is 3. The maximum Gasteiger partial charge on any atom is 0.308 e. The van der Waals surface area contributed by atoms with Crippen molar-refractivity contribution in [2.75, 3.05) is 13.1 Å². The maximum atomic E-state index is 12.2. The molecule has 1 aliphatic heterocycles. The van der Waals surface area contributed by atoms with Crippen LogP contribution in [0.25, 0.3) is 0 Å². The Bertz CT molecular complexity index is 327. The van der Waals surface area contributed by atoms with E-state index in [0.717, 1.165) is 25.7 Å². The Morgan fingerprint density at radius 1 is 1.35 bits per heavy atom. The minimum atomic E-state index is -0.792. The molecule has 20 heavy (non-hydrogen) atoms. The van der Waals surface area contributed by atoms with Gasteiger partial charge in [-0.25, -0.2) is 0 Å². The first-order valence-corrected chi connectivity index (χ1v) is 7.73. The lowest BCUT2D eigenvalue weighted by atomic mass is 9.94. The first-order chi connectivity index (χ1) is 9.51. The molecule has 0 saturated carbocycles. The van der Waals surface area contributed by atoms with Crippen LogP contribution in [0.3, 0.4) is 0 Å². The lowest BCUT2D eigenvalue weighted by Gasteiger charge is -2.24. The van der Waals surface area contributed by atoms with Gasteiger partial charge in [0.15, 0.2) is 0 Å². The Kier molecular flexibility index (Phi) is 6.99. The van der Waals surface area contributed by atoms with Gasteiger partial charge < -0.3 is 15.7 Å². The summed E-state index contributed by atoms with van der Waals surface area (Å²) in [5.74, 6) is -0.587. The molecule has 3 unspecified atom stereocenters. The predicted molar refractivity (Wildman–Crippen MR) is 78.2 cm³/mol. The summed E-state index contributed by atoms with van der Waals surface area (Å²) in [6.45, 7) is 5.23. The van der Waals surface area contributed by atoms with Crippen molar-refractivity contribution < 1.29 is 14.7 Å². The standard InChI is InChI=1S/C15H28N2O3/c1-3-4-12(7-9-16)5-6-14(18)17-10-8-13(11(17)2)15(19)20/h11-13H,3-10,16H2,1-2H3,(H,19,20). The largest absolute Gasteiger partial charge is 0.481 e. The van der Waals surface area contributed by atoms with E-state index in [1.54, 1.807) is 4.90 Å². The third kappa shape index (κ3) is 4.47. The van der Waals surface area contributed by atoms with Gasteiger partial charge in [-0.2, -0.15) is 0 Å². The van der Waals surface area contributed by atoms with Gasteiger partial charge >= 0.3 is 5.97 Å². The summed E-state index contributed by atoms with van der Waals surface area (Å²) in [6, 6.07) is -0.181. The van der Waals surface area contributed by atoms with E-state index in [1.165, 1.54) is 0 Å². The van der Waals surface area contributed by atoms with Gasteiger partial charge in [0.25, 0.3) is 0 Å². The smallest absolute Gasteiger partial charge is 0.308 e. The minimum absolute atomic E-state index is 0.0966. The van der Waals surface area contributed by atoms with Gasteiger partial charge in [-0.3, -0.25) is 9.59 Å². The molecular formula is C15H28N2O3. The molecular weight excluding hydrogens is 256 g/mol. The molecule has 1 saturated heterocycles. The van der Waals surface area contributed by atoms with Crippen LogP contribution in [0, 0.1) is 11.8 Å². The van der Waals surface area contributed by atoms with Crippen LogP contribution in [-0.2, 0) is 9.59 Å². The third-order valence-electron chi connectivity index (χ3n) is 4.43.